The smallest absolute Gasteiger partial charge is 0.308 e. The summed E-state index contributed by atoms with van der Waals surface area (Å²) < 4.78 is 4.60. The lowest BCUT2D eigenvalue weighted by Crippen LogP contribution is -2.11. The molecule has 0 spiro atoms. The lowest BCUT2D eigenvalue weighted by molar-refractivity contribution is -0.145. The van der Waals surface area contributed by atoms with Gasteiger partial charge in [-0.3, -0.25) is 4.79 Å². The third kappa shape index (κ3) is 3.37. The highest BCUT2D eigenvalue weighted by Gasteiger charge is 2.22. The Morgan fingerprint density at radius 2 is 1.82 bits per heavy atom. The third-order valence-corrected chi connectivity index (χ3v) is 1.89. The van der Waals surface area contributed by atoms with Crippen LogP contribution in [-0.4, -0.2) is 25.3 Å². The maximum atomic E-state index is 10.8. The predicted molar refractivity (Wildman–Crippen MR) is 42.1 cm³/mol. The second-order valence-electron chi connectivity index (χ2n) is 2.50. The maximum Gasteiger partial charge on any atom is 0.308 e. The molecule has 0 aromatic heterocycles. The first-order valence-electron chi connectivity index (χ1n) is 3.87. The standard InChI is InChI=1S/C7H12O2.CH4O/c1-9-7(8)6-4-2-3-5-6;1-2/h6H,2-5H2,1H3;2H,1H3. The van der Waals surface area contributed by atoms with Crippen molar-refractivity contribution in [3.63, 3.8) is 0 Å². The summed E-state index contributed by atoms with van der Waals surface area (Å²) in [5, 5.41) is 7.00. The zero-order valence-electron chi connectivity index (χ0n) is 7.17. The van der Waals surface area contributed by atoms with Gasteiger partial charge in [0, 0.05) is 7.11 Å². The second-order valence-corrected chi connectivity index (χ2v) is 2.50. The molecule has 0 aromatic rings. The molecule has 1 N–H and O–H groups in total. The fourth-order valence-electron chi connectivity index (χ4n) is 1.33. The molecular formula is C8H16O3. The van der Waals surface area contributed by atoms with E-state index in [1.165, 1.54) is 20.0 Å². The molecule has 3 heteroatoms. The summed E-state index contributed by atoms with van der Waals surface area (Å²) in [5.41, 5.74) is 0. The van der Waals surface area contributed by atoms with E-state index in [2.05, 4.69) is 4.74 Å². The fraction of sp³-hybridized carbons (Fsp3) is 0.875. The Morgan fingerprint density at radius 3 is 2.18 bits per heavy atom. The summed E-state index contributed by atoms with van der Waals surface area (Å²) in [6.45, 7) is 0. The second kappa shape index (κ2) is 6.16. The zero-order chi connectivity index (χ0) is 8.69. The van der Waals surface area contributed by atoms with E-state index in [4.69, 9.17) is 5.11 Å². The SMILES string of the molecule is CO.COC(=O)C1CCCC1. The number of methoxy groups -OCH3 is 1. The van der Waals surface area contributed by atoms with Crippen LogP contribution >= 0.6 is 0 Å². The Morgan fingerprint density at radius 1 is 1.36 bits per heavy atom. The molecule has 3 nitrogen and oxygen atoms in total. The minimum absolute atomic E-state index is 0.0208. The normalized spacial score (nSPS) is 17.0. The van der Waals surface area contributed by atoms with Gasteiger partial charge in [0.05, 0.1) is 13.0 Å². The first-order valence-corrected chi connectivity index (χ1v) is 3.87. The van der Waals surface area contributed by atoms with Gasteiger partial charge in [0.1, 0.15) is 0 Å². The van der Waals surface area contributed by atoms with Crippen molar-refractivity contribution in [3.8, 4) is 0 Å². The summed E-state index contributed by atoms with van der Waals surface area (Å²) in [7, 11) is 2.46. The number of carbonyl (C=O) groups is 1. The quantitative estimate of drug-likeness (QED) is 0.581. The monoisotopic (exact) mass is 160 g/mol. The van der Waals surface area contributed by atoms with Gasteiger partial charge < -0.3 is 9.84 Å². The molecular weight excluding hydrogens is 144 g/mol. The molecule has 1 saturated carbocycles. The minimum atomic E-state index is -0.0208. The molecule has 0 amide bonds. The molecule has 1 aliphatic carbocycles. The lowest BCUT2D eigenvalue weighted by Gasteiger charge is -2.03. The van der Waals surface area contributed by atoms with Crippen LogP contribution in [0, 0.1) is 5.92 Å². The van der Waals surface area contributed by atoms with Crippen molar-refractivity contribution in [1.82, 2.24) is 0 Å². The van der Waals surface area contributed by atoms with Crippen LogP contribution in [0.4, 0.5) is 0 Å². The molecule has 66 valence electrons. The van der Waals surface area contributed by atoms with Crippen molar-refractivity contribution in [2.45, 2.75) is 25.7 Å². The maximum absolute atomic E-state index is 10.8. The molecule has 1 fully saturated rings. The number of hydrogen-bond donors (Lipinski definition) is 1. The molecule has 0 aliphatic heterocycles. The fourth-order valence-corrected chi connectivity index (χ4v) is 1.33. The van der Waals surface area contributed by atoms with E-state index in [1.807, 2.05) is 0 Å². The molecule has 0 heterocycles. The van der Waals surface area contributed by atoms with E-state index >= 15 is 0 Å². The molecule has 0 aromatic carbocycles. The summed E-state index contributed by atoms with van der Waals surface area (Å²) in [6, 6.07) is 0. The molecule has 11 heavy (non-hydrogen) atoms. The zero-order valence-corrected chi connectivity index (χ0v) is 7.17. The number of ether oxygens (including phenoxy) is 1. The summed E-state index contributed by atoms with van der Waals surface area (Å²) in [5.74, 6) is 0.197. The summed E-state index contributed by atoms with van der Waals surface area (Å²) in [4.78, 5) is 10.8. The van der Waals surface area contributed by atoms with Crippen LogP contribution in [0.1, 0.15) is 25.7 Å². The van der Waals surface area contributed by atoms with Crippen LogP contribution in [-0.2, 0) is 9.53 Å². The van der Waals surface area contributed by atoms with Gasteiger partial charge in [-0.05, 0) is 12.8 Å². The Balaban J connectivity index is 0.000000461. The van der Waals surface area contributed by atoms with Crippen LogP contribution in [0.5, 0.6) is 0 Å². The largest absolute Gasteiger partial charge is 0.469 e. The number of aliphatic hydroxyl groups excluding tert-OH is 1. The highest BCUT2D eigenvalue weighted by atomic mass is 16.5. The summed E-state index contributed by atoms with van der Waals surface area (Å²) >= 11 is 0. The van der Waals surface area contributed by atoms with Gasteiger partial charge >= 0.3 is 5.97 Å². The van der Waals surface area contributed by atoms with Crippen LogP contribution in [0.25, 0.3) is 0 Å². The van der Waals surface area contributed by atoms with Crippen LogP contribution in [0.3, 0.4) is 0 Å². The third-order valence-electron chi connectivity index (χ3n) is 1.89. The molecule has 0 atom stereocenters. The van der Waals surface area contributed by atoms with Crippen molar-refractivity contribution in [2.24, 2.45) is 5.92 Å². The number of carbonyl (C=O) groups excluding carboxylic acids is 1. The van der Waals surface area contributed by atoms with E-state index in [-0.39, 0.29) is 11.9 Å². The Kier molecular flexibility index (Phi) is 5.84. The van der Waals surface area contributed by atoms with Gasteiger partial charge in [-0.1, -0.05) is 12.8 Å². The van der Waals surface area contributed by atoms with Crippen molar-refractivity contribution >= 4 is 5.97 Å². The van der Waals surface area contributed by atoms with Crippen LogP contribution in [0.2, 0.25) is 0 Å². The number of rotatable bonds is 1. The van der Waals surface area contributed by atoms with E-state index in [0.29, 0.717) is 0 Å². The van der Waals surface area contributed by atoms with Crippen molar-refractivity contribution in [1.29, 1.82) is 0 Å². The lowest BCUT2D eigenvalue weighted by atomic mass is 10.1. The first-order chi connectivity index (χ1) is 5.34. The predicted octanol–water partition coefficient (Wildman–Crippen LogP) is 0.958. The molecule has 1 aliphatic rings. The van der Waals surface area contributed by atoms with E-state index in [9.17, 15) is 4.79 Å². The highest BCUT2D eigenvalue weighted by molar-refractivity contribution is 5.72. The van der Waals surface area contributed by atoms with E-state index in [0.717, 1.165) is 20.0 Å². The Bertz CT molecular complexity index is 106. The first kappa shape index (κ1) is 10.4. The van der Waals surface area contributed by atoms with Crippen LogP contribution in [0.15, 0.2) is 0 Å². The average Bonchev–Trinajstić information content (AvgIpc) is 2.59. The van der Waals surface area contributed by atoms with Crippen molar-refractivity contribution in [2.75, 3.05) is 14.2 Å². The summed E-state index contributed by atoms with van der Waals surface area (Å²) in [6.07, 6.45) is 4.46. The molecule has 0 radical (unpaired) electrons. The number of hydrogen-bond acceptors (Lipinski definition) is 3. The minimum Gasteiger partial charge on any atom is -0.469 e. The van der Waals surface area contributed by atoms with Gasteiger partial charge in [0.25, 0.3) is 0 Å². The molecule has 0 unspecified atom stereocenters. The average molecular weight is 160 g/mol. The number of aliphatic hydroxyl groups is 1. The highest BCUT2D eigenvalue weighted by Crippen LogP contribution is 2.25. The van der Waals surface area contributed by atoms with E-state index < -0.39 is 0 Å². The van der Waals surface area contributed by atoms with Gasteiger partial charge in [-0.2, -0.15) is 0 Å². The van der Waals surface area contributed by atoms with Gasteiger partial charge in [-0.25, -0.2) is 0 Å². The van der Waals surface area contributed by atoms with Crippen LogP contribution < -0.4 is 0 Å². The van der Waals surface area contributed by atoms with Crippen molar-refractivity contribution < 1.29 is 14.6 Å². The topological polar surface area (TPSA) is 46.5 Å². The molecule has 1 rings (SSSR count). The van der Waals surface area contributed by atoms with E-state index in [1.54, 1.807) is 0 Å². The van der Waals surface area contributed by atoms with Crippen molar-refractivity contribution in [3.05, 3.63) is 0 Å². The van der Waals surface area contributed by atoms with Gasteiger partial charge in [-0.15, -0.1) is 0 Å². The molecule has 0 saturated heterocycles. The Labute approximate surface area is 67.4 Å². The van der Waals surface area contributed by atoms with Gasteiger partial charge in [0.15, 0.2) is 0 Å². The Hall–Kier alpha value is -0.570. The number of esters is 1. The molecule has 0 bridgehead atoms. The van der Waals surface area contributed by atoms with Gasteiger partial charge in [0.2, 0.25) is 0 Å².